The number of carbonyl (C=O) groups is 3. The third kappa shape index (κ3) is 5.20. The highest BCUT2D eigenvalue weighted by Gasteiger charge is 2.40. The number of fused-ring (bicyclic) bond motifs is 8. The van der Waals surface area contributed by atoms with E-state index in [4.69, 9.17) is 20.4 Å². The number of carbonyl (C=O) groups excluding carboxylic acids is 3. The van der Waals surface area contributed by atoms with E-state index in [1.165, 1.54) is 12.0 Å². The van der Waals surface area contributed by atoms with Crippen LogP contribution in [0.4, 0.5) is 0 Å². The molecule has 0 fully saturated rings. The van der Waals surface area contributed by atoms with Gasteiger partial charge in [0, 0.05) is 52.6 Å². The number of imide groups is 1. The minimum Gasteiger partial charge on any atom is -0.469 e. The van der Waals surface area contributed by atoms with E-state index >= 15 is 0 Å². The molecule has 2 amide bonds. The summed E-state index contributed by atoms with van der Waals surface area (Å²) >= 11 is 0. The lowest BCUT2D eigenvalue weighted by Gasteiger charge is -2.27. The first-order chi connectivity index (χ1) is 22.5. The summed E-state index contributed by atoms with van der Waals surface area (Å²) in [5, 5.41) is 0. The largest absolute Gasteiger partial charge is 0.469 e. The number of esters is 1. The molecule has 3 aromatic rings. The molecule has 10 nitrogen and oxygen atoms in total. The molecule has 4 N–H and O–H groups in total. The zero-order valence-electron chi connectivity index (χ0n) is 28.0. The van der Waals surface area contributed by atoms with Crippen molar-refractivity contribution in [3.8, 4) is 0 Å². The molecule has 10 heteroatoms. The Morgan fingerprint density at radius 2 is 1.72 bits per heavy atom. The van der Waals surface area contributed by atoms with Gasteiger partial charge in [-0.15, -0.1) is 0 Å². The minimum atomic E-state index is -0.416. The molecule has 3 aliphatic rings. The van der Waals surface area contributed by atoms with Crippen LogP contribution in [-0.2, 0) is 9.53 Å². The van der Waals surface area contributed by atoms with Crippen LogP contribution in [0.2, 0.25) is 0 Å². The second-order valence-electron chi connectivity index (χ2n) is 12.6. The molecule has 0 unspecified atom stereocenters. The molecule has 0 radical (unpaired) electrons. The van der Waals surface area contributed by atoms with Crippen LogP contribution >= 0.6 is 0 Å². The van der Waals surface area contributed by atoms with E-state index < -0.39 is 5.91 Å². The van der Waals surface area contributed by atoms with Crippen LogP contribution in [0.3, 0.4) is 0 Å². The Hall–Kier alpha value is -4.83. The Balaban J connectivity index is 1.79. The van der Waals surface area contributed by atoms with Gasteiger partial charge in [-0.25, -0.2) is 4.98 Å². The van der Waals surface area contributed by atoms with E-state index in [1.807, 2.05) is 32.1 Å². The number of aromatic amines is 2. The maximum absolute atomic E-state index is 14.4. The monoisotopic (exact) mass is 634 g/mol. The lowest BCUT2D eigenvalue weighted by atomic mass is 9.84. The highest BCUT2D eigenvalue weighted by Crippen LogP contribution is 2.44. The first kappa shape index (κ1) is 32.1. The summed E-state index contributed by atoms with van der Waals surface area (Å²) in [7, 11) is 1.37. The van der Waals surface area contributed by atoms with E-state index in [0.717, 1.165) is 62.4 Å². The van der Waals surface area contributed by atoms with Gasteiger partial charge in [0.05, 0.1) is 40.8 Å². The van der Waals surface area contributed by atoms with E-state index in [2.05, 4.69) is 43.4 Å². The Morgan fingerprint density at radius 1 is 1.02 bits per heavy atom. The Kier molecular flexibility index (Phi) is 8.48. The number of nitrogens with two attached hydrogens (primary N) is 1. The van der Waals surface area contributed by atoms with Crippen LogP contribution in [0.25, 0.3) is 39.3 Å². The van der Waals surface area contributed by atoms with E-state index in [9.17, 15) is 14.4 Å². The normalized spacial score (nSPS) is 17.5. The van der Waals surface area contributed by atoms with Crippen molar-refractivity contribution in [2.75, 3.05) is 20.2 Å². The summed E-state index contributed by atoms with van der Waals surface area (Å²) < 4.78 is 4.98. The van der Waals surface area contributed by atoms with Gasteiger partial charge in [0.2, 0.25) is 0 Å². The Labute approximate surface area is 274 Å². The van der Waals surface area contributed by atoms with Crippen LogP contribution in [0.5, 0.6) is 0 Å². The molecule has 8 bridgehead atoms. The molecule has 0 saturated carbocycles. The van der Waals surface area contributed by atoms with Crippen molar-refractivity contribution >= 4 is 57.1 Å². The van der Waals surface area contributed by atoms with Gasteiger partial charge in [-0.2, -0.15) is 0 Å². The topological polar surface area (TPSA) is 147 Å². The standard InChI is InChI=1S/C37H42N6O4/c1-8-22-18(3)25-15-27-20(5)24(11-12-31(44)47-7)34(41-27)33-35-32(36(45)43(37(33)46)14-10-13-38)21(6)28(42-35)17-30-23(9-2)19(4)26(40-30)16-29(22)39-25/h8,15-17,20,24,39,42H,1,9-14,38H2,2-7H3/t20-,24-/m0/s1. The van der Waals surface area contributed by atoms with Crippen LogP contribution in [0.15, 0.2) is 24.8 Å². The van der Waals surface area contributed by atoms with Crippen LogP contribution in [-0.4, -0.2) is 62.8 Å². The second kappa shape index (κ2) is 12.4. The van der Waals surface area contributed by atoms with Gasteiger partial charge in [0.25, 0.3) is 11.8 Å². The van der Waals surface area contributed by atoms with Crippen molar-refractivity contribution in [2.45, 2.75) is 72.1 Å². The number of aryl methyl sites for hydroxylation is 2. The van der Waals surface area contributed by atoms with Crippen LogP contribution < -0.4 is 5.73 Å². The van der Waals surface area contributed by atoms with Crippen molar-refractivity contribution in [2.24, 2.45) is 5.73 Å². The molecule has 3 aliphatic heterocycles. The number of allylic oxidation sites excluding steroid dienone is 2. The molecular weight excluding hydrogens is 592 g/mol. The Morgan fingerprint density at radius 3 is 2.40 bits per heavy atom. The van der Waals surface area contributed by atoms with Crippen LogP contribution in [0, 0.1) is 13.8 Å². The first-order valence-electron chi connectivity index (χ1n) is 16.3. The SMILES string of the molecule is C=Cc1c(C)c2cc3nc(c4c5[nH]c(cc6nc(cc1[nH]2)C(C)=C6CC)c(C)c5C(=O)N(CCCN)C4=O)[C@@H](CCC(=O)OC)[C@@H]3C. The number of H-pyrrole nitrogens is 2. The molecule has 3 aromatic heterocycles. The smallest absolute Gasteiger partial charge is 0.305 e. The molecule has 244 valence electrons. The number of hydrogen-bond acceptors (Lipinski definition) is 7. The molecule has 2 atom stereocenters. The predicted molar refractivity (Wildman–Crippen MR) is 185 cm³/mol. The number of nitrogens with one attached hydrogen (secondary N) is 2. The lowest BCUT2D eigenvalue weighted by Crippen LogP contribution is -2.42. The number of nitrogens with zero attached hydrogens (tertiary/aromatic N) is 3. The first-order valence-corrected chi connectivity index (χ1v) is 16.3. The molecule has 0 saturated heterocycles. The molecule has 6 heterocycles. The summed E-state index contributed by atoms with van der Waals surface area (Å²) in [6, 6.07) is 6.06. The highest BCUT2D eigenvalue weighted by molar-refractivity contribution is 6.23. The van der Waals surface area contributed by atoms with E-state index in [-0.39, 0.29) is 36.7 Å². The van der Waals surface area contributed by atoms with Crippen LogP contribution in [0.1, 0.15) is 118 Å². The molecule has 0 aliphatic carbocycles. The van der Waals surface area contributed by atoms with Crippen molar-refractivity contribution in [3.63, 3.8) is 0 Å². The number of amides is 2. The van der Waals surface area contributed by atoms with Gasteiger partial charge in [-0.1, -0.05) is 26.5 Å². The van der Waals surface area contributed by atoms with E-state index in [1.54, 1.807) is 0 Å². The molecule has 6 rings (SSSR count). The highest BCUT2D eigenvalue weighted by atomic mass is 16.5. The minimum absolute atomic E-state index is 0.137. The fraction of sp³-hybridized carbons (Fsp3) is 0.378. The molecular formula is C37H42N6O4. The summed E-state index contributed by atoms with van der Waals surface area (Å²) in [4.78, 5) is 59.4. The van der Waals surface area contributed by atoms with Gasteiger partial charge >= 0.3 is 5.97 Å². The van der Waals surface area contributed by atoms with E-state index in [0.29, 0.717) is 47.2 Å². The average Bonchev–Trinajstić information content (AvgIpc) is 3.73. The fourth-order valence-electron chi connectivity index (χ4n) is 7.24. The lowest BCUT2D eigenvalue weighted by molar-refractivity contribution is -0.140. The predicted octanol–water partition coefficient (Wildman–Crippen LogP) is 6.70. The third-order valence-electron chi connectivity index (χ3n) is 10.0. The second-order valence-corrected chi connectivity index (χ2v) is 12.6. The molecule has 47 heavy (non-hydrogen) atoms. The van der Waals surface area contributed by atoms with Gasteiger partial charge < -0.3 is 20.4 Å². The number of hydrogen-bond donors (Lipinski definition) is 3. The van der Waals surface area contributed by atoms with Gasteiger partial charge in [-0.05, 0) is 87.1 Å². The number of rotatable bonds is 8. The Bertz CT molecular complexity index is 2050. The number of ether oxygens (including phenoxy) is 1. The maximum Gasteiger partial charge on any atom is 0.305 e. The van der Waals surface area contributed by atoms with Gasteiger partial charge in [0.1, 0.15) is 0 Å². The summed E-state index contributed by atoms with van der Waals surface area (Å²) in [6.45, 7) is 14.8. The summed E-state index contributed by atoms with van der Waals surface area (Å²) in [6.07, 6.45) is 3.67. The summed E-state index contributed by atoms with van der Waals surface area (Å²) in [5.41, 5.74) is 17.5. The quantitative estimate of drug-likeness (QED) is 0.185. The van der Waals surface area contributed by atoms with Crippen molar-refractivity contribution in [3.05, 3.63) is 75.4 Å². The molecule has 0 aromatic carbocycles. The maximum atomic E-state index is 14.4. The number of methoxy groups -OCH3 is 1. The third-order valence-corrected chi connectivity index (χ3v) is 10.0. The zero-order valence-corrected chi connectivity index (χ0v) is 28.0. The van der Waals surface area contributed by atoms with Crippen molar-refractivity contribution < 1.29 is 19.1 Å². The average molecular weight is 635 g/mol. The van der Waals surface area contributed by atoms with Gasteiger partial charge in [-0.3, -0.25) is 24.3 Å². The molecule has 0 spiro atoms. The fourth-order valence-corrected chi connectivity index (χ4v) is 7.24. The zero-order chi connectivity index (χ0) is 33.7. The summed E-state index contributed by atoms with van der Waals surface area (Å²) in [5.74, 6) is -1.52. The number of aromatic nitrogens is 4. The van der Waals surface area contributed by atoms with Gasteiger partial charge in [0.15, 0.2) is 0 Å². The van der Waals surface area contributed by atoms with Crippen molar-refractivity contribution in [1.82, 2.24) is 24.8 Å². The van der Waals surface area contributed by atoms with Crippen molar-refractivity contribution in [1.29, 1.82) is 0 Å².